The molecule has 2 N–H and O–H groups in total. The maximum atomic E-state index is 11.8. The van der Waals surface area contributed by atoms with Gasteiger partial charge in [0.15, 0.2) is 0 Å². The highest BCUT2D eigenvalue weighted by Gasteiger charge is 2.19. The third-order valence-corrected chi connectivity index (χ3v) is 4.15. The van der Waals surface area contributed by atoms with E-state index in [0.717, 1.165) is 0 Å². The Morgan fingerprint density at radius 3 is 2.66 bits per heavy atom. The number of benzene rings is 1. The minimum Gasteiger partial charge on any atom is -0.465 e. The van der Waals surface area contributed by atoms with Crippen molar-refractivity contribution in [2.45, 2.75) is 0 Å². The fourth-order valence-corrected chi connectivity index (χ4v) is 2.70. The van der Waals surface area contributed by atoms with Gasteiger partial charge in [0.2, 0.25) is 0 Å². The largest absolute Gasteiger partial charge is 0.465 e. The number of carbonyl (C=O) groups is 1. The average Bonchev–Trinajstić information content (AvgIpc) is 3.14. The second-order valence-electron chi connectivity index (χ2n) is 5.65. The molecule has 0 aliphatic carbocycles. The molecule has 11 heteroatoms. The second-order valence-corrected chi connectivity index (χ2v) is 6.06. The summed E-state index contributed by atoms with van der Waals surface area (Å²) in [4.78, 5) is 48.9. The molecule has 0 radical (unpaired) electrons. The number of nitro groups is 1. The highest BCUT2D eigenvalue weighted by atomic mass is 35.5. The van der Waals surface area contributed by atoms with Gasteiger partial charge in [-0.2, -0.15) is 0 Å². The van der Waals surface area contributed by atoms with Crippen LogP contribution < -0.4 is 11.2 Å². The first-order valence-corrected chi connectivity index (χ1v) is 8.35. The Morgan fingerprint density at radius 1 is 1.21 bits per heavy atom. The van der Waals surface area contributed by atoms with Gasteiger partial charge in [-0.15, -0.1) is 0 Å². The number of hydrogen-bond donors (Lipinski definition) is 2. The summed E-state index contributed by atoms with van der Waals surface area (Å²) in [6.45, 7) is 0. The Balaban J connectivity index is 1.95. The van der Waals surface area contributed by atoms with Crippen LogP contribution in [0.3, 0.4) is 0 Å². The molecule has 29 heavy (non-hydrogen) atoms. The Hall–Kier alpha value is -3.92. The van der Waals surface area contributed by atoms with E-state index in [0.29, 0.717) is 11.3 Å². The Labute approximate surface area is 166 Å². The molecule has 0 unspecified atom stereocenters. The van der Waals surface area contributed by atoms with E-state index in [9.17, 15) is 24.5 Å². The van der Waals surface area contributed by atoms with Crippen LogP contribution in [0.4, 0.5) is 5.69 Å². The summed E-state index contributed by atoms with van der Waals surface area (Å²) in [5, 5.41) is 11.3. The summed E-state index contributed by atoms with van der Waals surface area (Å²) in [5.41, 5.74) is -2.36. The van der Waals surface area contributed by atoms with Crippen molar-refractivity contribution in [1.82, 2.24) is 9.97 Å². The molecule has 148 valence electrons. The number of halogens is 1. The van der Waals surface area contributed by atoms with Crippen LogP contribution in [0.25, 0.3) is 23.5 Å². The van der Waals surface area contributed by atoms with Gasteiger partial charge in [-0.1, -0.05) is 11.6 Å². The quantitative estimate of drug-likeness (QED) is 0.368. The number of methoxy groups -OCH3 is 1. The van der Waals surface area contributed by atoms with E-state index in [-0.39, 0.29) is 22.0 Å². The fourth-order valence-electron chi connectivity index (χ4n) is 2.51. The standard InChI is InChI=1S/C18H12ClN3O7/c1-28-17(24)11-8-9(2-5-12(11)19)14-7-4-10(29-14)3-6-13-15(22(26)27)16(23)21-18(25)20-13/h2-8H,1H3,(H2,20,21,23,25)/b6-3-. The summed E-state index contributed by atoms with van der Waals surface area (Å²) in [7, 11) is 1.24. The molecule has 0 atom stereocenters. The number of ether oxygens (including phenoxy) is 1. The van der Waals surface area contributed by atoms with E-state index in [1.165, 1.54) is 31.4 Å². The molecule has 0 spiro atoms. The fraction of sp³-hybridized carbons (Fsp3) is 0.0556. The number of carbonyl (C=O) groups excluding carboxylic acids is 1. The summed E-state index contributed by atoms with van der Waals surface area (Å²) in [6, 6.07) is 7.83. The molecule has 0 aliphatic rings. The Kier molecular flexibility index (Phi) is 5.46. The van der Waals surface area contributed by atoms with E-state index in [4.69, 9.17) is 16.0 Å². The maximum Gasteiger partial charge on any atom is 0.357 e. The van der Waals surface area contributed by atoms with Crippen LogP contribution in [0.5, 0.6) is 0 Å². The predicted octanol–water partition coefficient (Wildman–Crippen LogP) is 2.84. The van der Waals surface area contributed by atoms with Crippen molar-refractivity contribution in [3.63, 3.8) is 0 Å². The smallest absolute Gasteiger partial charge is 0.357 e. The minimum absolute atomic E-state index is 0.164. The molecule has 1 aromatic carbocycles. The van der Waals surface area contributed by atoms with Gasteiger partial charge in [0.1, 0.15) is 17.2 Å². The lowest BCUT2D eigenvalue weighted by molar-refractivity contribution is -0.386. The summed E-state index contributed by atoms with van der Waals surface area (Å²) >= 11 is 5.99. The van der Waals surface area contributed by atoms with Gasteiger partial charge in [0.05, 0.1) is 22.6 Å². The van der Waals surface area contributed by atoms with Gasteiger partial charge in [-0.05, 0) is 42.5 Å². The van der Waals surface area contributed by atoms with E-state index in [1.807, 2.05) is 0 Å². The van der Waals surface area contributed by atoms with Crippen molar-refractivity contribution in [1.29, 1.82) is 0 Å². The normalized spacial score (nSPS) is 11.0. The Bertz CT molecular complexity index is 1250. The molecule has 0 saturated heterocycles. The lowest BCUT2D eigenvalue weighted by atomic mass is 10.1. The molecule has 2 aromatic heterocycles. The maximum absolute atomic E-state index is 11.8. The number of nitrogens with one attached hydrogen (secondary N) is 2. The number of H-pyrrole nitrogens is 2. The molecule has 3 rings (SSSR count). The van der Waals surface area contributed by atoms with Crippen LogP contribution in [0.1, 0.15) is 21.8 Å². The van der Waals surface area contributed by atoms with Gasteiger partial charge in [-0.3, -0.25) is 19.9 Å². The number of esters is 1. The predicted molar refractivity (Wildman–Crippen MR) is 104 cm³/mol. The van der Waals surface area contributed by atoms with Crippen molar-refractivity contribution < 1.29 is 18.9 Å². The van der Waals surface area contributed by atoms with Crippen LogP contribution in [0.15, 0.2) is 44.3 Å². The van der Waals surface area contributed by atoms with Crippen LogP contribution in [-0.2, 0) is 4.74 Å². The zero-order valence-electron chi connectivity index (χ0n) is 14.7. The molecule has 0 fully saturated rings. The Morgan fingerprint density at radius 2 is 1.97 bits per heavy atom. The summed E-state index contributed by atoms with van der Waals surface area (Å²) < 4.78 is 10.3. The number of aromatic amines is 2. The van der Waals surface area contributed by atoms with Crippen molar-refractivity contribution in [2.75, 3.05) is 7.11 Å². The molecule has 2 heterocycles. The first-order valence-electron chi connectivity index (χ1n) is 7.97. The van der Waals surface area contributed by atoms with E-state index in [2.05, 4.69) is 9.72 Å². The van der Waals surface area contributed by atoms with Gasteiger partial charge in [0, 0.05) is 5.56 Å². The minimum atomic E-state index is -1.12. The zero-order valence-corrected chi connectivity index (χ0v) is 15.5. The van der Waals surface area contributed by atoms with Gasteiger partial charge >= 0.3 is 22.9 Å². The first kappa shape index (κ1) is 19.8. The molecule has 0 bridgehead atoms. The van der Waals surface area contributed by atoms with Crippen molar-refractivity contribution in [3.8, 4) is 11.3 Å². The lowest BCUT2D eigenvalue weighted by Crippen LogP contribution is -2.25. The average molecular weight is 418 g/mol. The van der Waals surface area contributed by atoms with Gasteiger partial charge in [-0.25, -0.2) is 9.59 Å². The van der Waals surface area contributed by atoms with Crippen LogP contribution in [-0.4, -0.2) is 28.0 Å². The number of hydrogen-bond acceptors (Lipinski definition) is 7. The van der Waals surface area contributed by atoms with Crippen molar-refractivity contribution in [3.05, 3.63) is 83.3 Å². The molecule has 0 aliphatic heterocycles. The zero-order chi connectivity index (χ0) is 21.1. The van der Waals surface area contributed by atoms with Gasteiger partial charge < -0.3 is 14.1 Å². The molecule has 3 aromatic rings. The third-order valence-electron chi connectivity index (χ3n) is 3.83. The molecular weight excluding hydrogens is 406 g/mol. The number of aromatic nitrogens is 2. The van der Waals surface area contributed by atoms with E-state index >= 15 is 0 Å². The molecule has 0 amide bonds. The molecular formula is C18H12ClN3O7. The summed E-state index contributed by atoms with van der Waals surface area (Å²) in [5.74, 6) is 0.0689. The number of nitrogens with zero attached hydrogens (tertiary/aromatic N) is 1. The van der Waals surface area contributed by atoms with E-state index < -0.39 is 27.8 Å². The third kappa shape index (κ3) is 4.17. The van der Waals surface area contributed by atoms with Crippen molar-refractivity contribution in [2.24, 2.45) is 0 Å². The topological polar surface area (TPSA) is 148 Å². The second kappa shape index (κ2) is 7.98. The van der Waals surface area contributed by atoms with E-state index in [1.54, 1.807) is 23.2 Å². The lowest BCUT2D eigenvalue weighted by Gasteiger charge is -2.04. The van der Waals surface area contributed by atoms with Gasteiger partial charge in [0.25, 0.3) is 0 Å². The summed E-state index contributed by atoms with van der Waals surface area (Å²) in [6.07, 6.45) is 2.53. The molecule has 0 saturated carbocycles. The van der Waals surface area contributed by atoms with Crippen LogP contribution in [0, 0.1) is 10.1 Å². The molecule has 10 nitrogen and oxygen atoms in total. The van der Waals surface area contributed by atoms with Crippen LogP contribution in [0.2, 0.25) is 5.02 Å². The van der Waals surface area contributed by atoms with Crippen LogP contribution >= 0.6 is 11.6 Å². The monoisotopic (exact) mass is 417 g/mol. The first-order chi connectivity index (χ1) is 13.8. The highest BCUT2D eigenvalue weighted by Crippen LogP contribution is 2.28. The SMILES string of the molecule is COC(=O)c1cc(-c2ccc(/C=C\c3[nH]c(=O)[nH]c(=O)c3[N+](=O)[O-])o2)ccc1Cl. The van der Waals surface area contributed by atoms with Crippen molar-refractivity contribution >= 4 is 35.4 Å². The number of furan rings is 1. The highest BCUT2D eigenvalue weighted by molar-refractivity contribution is 6.33. The number of rotatable bonds is 5.